The summed E-state index contributed by atoms with van der Waals surface area (Å²) < 4.78 is 5.14. The van der Waals surface area contributed by atoms with Crippen LogP contribution in [-0.2, 0) is 17.8 Å². The smallest absolute Gasteiger partial charge is 0.238 e. The topological polar surface area (TPSA) is 61.6 Å². The second kappa shape index (κ2) is 9.69. The van der Waals surface area contributed by atoms with E-state index in [2.05, 4.69) is 38.5 Å². The number of rotatable bonds is 7. The first-order valence-electron chi connectivity index (χ1n) is 10.4. The molecule has 156 valence electrons. The summed E-state index contributed by atoms with van der Waals surface area (Å²) in [6, 6.07) is 20.3. The van der Waals surface area contributed by atoms with Gasteiger partial charge in [0.25, 0.3) is 0 Å². The van der Waals surface area contributed by atoms with Gasteiger partial charge in [-0.1, -0.05) is 53.7 Å². The van der Waals surface area contributed by atoms with Crippen molar-refractivity contribution >= 4 is 11.6 Å². The average Bonchev–Trinajstić information content (AvgIpc) is 3.16. The number of hydrogen-bond acceptors (Lipinski definition) is 5. The summed E-state index contributed by atoms with van der Waals surface area (Å²) in [5.41, 5.74) is 4.22. The van der Waals surface area contributed by atoms with E-state index in [9.17, 15) is 4.79 Å². The van der Waals surface area contributed by atoms with Gasteiger partial charge >= 0.3 is 0 Å². The predicted octanol–water partition coefficient (Wildman–Crippen LogP) is 3.33. The molecule has 0 unspecified atom stereocenters. The van der Waals surface area contributed by atoms with Crippen molar-refractivity contribution in [1.29, 1.82) is 0 Å². The molecule has 6 heteroatoms. The lowest BCUT2D eigenvalue weighted by molar-refractivity contribution is -0.117. The lowest BCUT2D eigenvalue weighted by atomic mass is 10.0. The molecule has 30 heavy (non-hydrogen) atoms. The molecule has 1 amide bonds. The Kier molecular flexibility index (Phi) is 6.57. The molecule has 0 bridgehead atoms. The SMILES string of the molecule is Cc1cc(CN2CCN(CC(=O)Nc3ccccc3Cc3ccccc3)CC2)no1. The van der Waals surface area contributed by atoms with Crippen molar-refractivity contribution in [3.8, 4) is 0 Å². The van der Waals surface area contributed by atoms with Crippen LogP contribution in [-0.4, -0.2) is 53.6 Å². The number of aromatic nitrogens is 1. The number of anilines is 1. The van der Waals surface area contributed by atoms with Crippen LogP contribution >= 0.6 is 0 Å². The molecule has 1 N–H and O–H groups in total. The Hall–Kier alpha value is -2.96. The number of benzene rings is 2. The van der Waals surface area contributed by atoms with Crippen LogP contribution in [0.4, 0.5) is 5.69 Å². The van der Waals surface area contributed by atoms with Gasteiger partial charge in [-0.2, -0.15) is 0 Å². The lowest BCUT2D eigenvalue weighted by Gasteiger charge is -2.33. The van der Waals surface area contributed by atoms with Gasteiger partial charge in [0, 0.05) is 44.5 Å². The molecular weight excluding hydrogens is 376 g/mol. The van der Waals surface area contributed by atoms with Crippen LogP contribution in [0.3, 0.4) is 0 Å². The van der Waals surface area contributed by atoms with Crippen molar-refractivity contribution in [3.05, 3.63) is 83.2 Å². The molecule has 4 rings (SSSR count). The Balaban J connectivity index is 1.27. The van der Waals surface area contributed by atoms with Gasteiger partial charge in [0.15, 0.2) is 0 Å². The Morgan fingerprint density at radius 3 is 2.43 bits per heavy atom. The van der Waals surface area contributed by atoms with Gasteiger partial charge in [-0.25, -0.2) is 0 Å². The maximum Gasteiger partial charge on any atom is 0.238 e. The van der Waals surface area contributed by atoms with E-state index in [0.717, 1.165) is 61.8 Å². The summed E-state index contributed by atoms with van der Waals surface area (Å²) in [6.45, 7) is 6.70. The van der Waals surface area contributed by atoms with Crippen molar-refractivity contribution in [2.45, 2.75) is 19.9 Å². The zero-order valence-electron chi connectivity index (χ0n) is 17.4. The van der Waals surface area contributed by atoms with Crippen molar-refractivity contribution in [2.24, 2.45) is 0 Å². The molecular formula is C24H28N4O2. The summed E-state index contributed by atoms with van der Waals surface area (Å²) >= 11 is 0. The van der Waals surface area contributed by atoms with Gasteiger partial charge in [-0.15, -0.1) is 0 Å². The number of para-hydroxylation sites is 1. The number of amides is 1. The Bertz CT molecular complexity index is 962. The summed E-state index contributed by atoms with van der Waals surface area (Å²) in [5.74, 6) is 0.879. The molecule has 2 aromatic carbocycles. The van der Waals surface area contributed by atoms with E-state index in [-0.39, 0.29) is 5.91 Å². The fourth-order valence-corrected chi connectivity index (χ4v) is 3.83. The molecule has 6 nitrogen and oxygen atoms in total. The molecule has 1 fully saturated rings. The van der Waals surface area contributed by atoms with Crippen LogP contribution in [0.1, 0.15) is 22.6 Å². The maximum atomic E-state index is 12.7. The Morgan fingerprint density at radius 1 is 1.00 bits per heavy atom. The second-order valence-electron chi connectivity index (χ2n) is 7.85. The first kappa shape index (κ1) is 20.3. The highest BCUT2D eigenvalue weighted by atomic mass is 16.5. The highest BCUT2D eigenvalue weighted by molar-refractivity contribution is 5.93. The molecule has 1 aromatic heterocycles. The van der Waals surface area contributed by atoms with E-state index in [4.69, 9.17) is 4.52 Å². The summed E-state index contributed by atoms with van der Waals surface area (Å²) in [7, 11) is 0. The Labute approximate surface area is 177 Å². The number of hydrogen-bond donors (Lipinski definition) is 1. The second-order valence-corrected chi connectivity index (χ2v) is 7.85. The molecule has 0 atom stereocenters. The number of nitrogens with zero attached hydrogens (tertiary/aromatic N) is 3. The zero-order chi connectivity index (χ0) is 20.8. The quantitative estimate of drug-likeness (QED) is 0.655. The molecule has 0 aliphatic carbocycles. The van der Waals surface area contributed by atoms with E-state index in [1.54, 1.807) is 0 Å². The molecule has 1 saturated heterocycles. The van der Waals surface area contributed by atoms with Crippen LogP contribution < -0.4 is 5.32 Å². The maximum absolute atomic E-state index is 12.7. The van der Waals surface area contributed by atoms with Crippen molar-refractivity contribution < 1.29 is 9.32 Å². The average molecular weight is 405 g/mol. The minimum atomic E-state index is 0.0380. The van der Waals surface area contributed by atoms with Crippen molar-refractivity contribution in [2.75, 3.05) is 38.0 Å². The molecule has 1 aliphatic heterocycles. The molecule has 0 radical (unpaired) electrons. The fraction of sp³-hybridized carbons (Fsp3) is 0.333. The minimum absolute atomic E-state index is 0.0380. The van der Waals surface area contributed by atoms with Gasteiger partial charge in [0.1, 0.15) is 5.76 Å². The third-order valence-corrected chi connectivity index (χ3v) is 5.42. The Morgan fingerprint density at radius 2 is 1.70 bits per heavy atom. The van der Waals surface area contributed by atoms with Crippen LogP contribution in [0.2, 0.25) is 0 Å². The van der Waals surface area contributed by atoms with Gasteiger partial charge in [0.05, 0.1) is 12.2 Å². The van der Waals surface area contributed by atoms with Crippen LogP contribution in [0.5, 0.6) is 0 Å². The zero-order valence-corrected chi connectivity index (χ0v) is 17.4. The molecule has 1 aliphatic rings. The molecule has 0 spiro atoms. The van der Waals surface area contributed by atoms with Crippen LogP contribution in [0.15, 0.2) is 65.2 Å². The third kappa shape index (κ3) is 5.55. The molecule has 0 saturated carbocycles. The van der Waals surface area contributed by atoms with E-state index in [1.807, 2.05) is 49.4 Å². The number of nitrogens with one attached hydrogen (secondary N) is 1. The van der Waals surface area contributed by atoms with Crippen molar-refractivity contribution in [1.82, 2.24) is 15.0 Å². The van der Waals surface area contributed by atoms with Gasteiger partial charge in [0.2, 0.25) is 5.91 Å². The highest BCUT2D eigenvalue weighted by Crippen LogP contribution is 2.19. The normalized spacial score (nSPS) is 15.2. The first-order valence-corrected chi connectivity index (χ1v) is 10.4. The standard InChI is InChI=1S/C24H28N4O2/c1-19-15-22(26-30-19)17-27-11-13-28(14-12-27)18-24(29)25-23-10-6-5-9-21(23)16-20-7-3-2-4-8-20/h2-10,15H,11-14,16-18H2,1H3,(H,25,29). The number of carbonyl (C=O) groups excluding carboxylic acids is 1. The predicted molar refractivity (Wildman–Crippen MR) is 117 cm³/mol. The fourth-order valence-electron chi connectivity index (χ4n) is 3.83. The number of aryl methyl sites for hydroxylation is 1. The van der Waals surface area contributed by atoms with Crippen LogP contribution in [0, 0.1) is 6.92 Å². The van der Waals surface area contributed by atoms with E-state index in [0.29, 0.717) is 6.54 Å². The summed E-state index contributed by atoms with van der Waals surface area (Å²) in [6.07, 6.45) is 0.803. The van der Waals surface area contributed by atoms with E-state index >= 15 is 0 Å². The van der Waals surface area contributed by atoms with E-state index in [1.165, 1.54) is 5.56 Å². The lowest BCUT2D eigenvalue weighted by Crippen LogP contribution is -2.48. The van der Waals surface area contributed by atoms with Gasteiger partial charge in [-0.3, -0.25) is 14.6 Å². The molecule has 3 aromatic rings. The summed E-state index contributed by atoms with van der Waals surface area (Å²) in [4.78, 5) is 17.2. The van der Waals surface area contributed by atoms with E-state index < -0.39 is 0 Å². The van der Waals surface area contributed by atoms with Gasteiger partial charge < -0.3 is 9.84 Å². The van der Waals surface area contributed by atoms with Gasteiger partial charge in [-0.05, 0) is 30.5 Å². The number of piperazine rings is 1. The van der Waals surface area contributed by atoms with Crippen LogP contribution in [0.25, 0.3) is 0 Å². The number of carbonyl (C=O) groups is 1. The largest absolute Gasteiger partial charge is 0.361 e. The first-order chi connectivity index (χ1) is 14.7. The molecule has 2 heterocycles. The minimum Gasteiger partial charge on any atom is -0.361 e. The monoisotopic (exact) mass is 404 g/mol. The van der Waals surface area contributed by atoms with Crippen molar-refractivity contribution in [3.63, 3.8) is 0 Å². The third-order valence-electron chi connectivity index (χ3n) is 5.42. The summed E-state index contributed by atoms with van der Waals surface area (Å²) in [5, 5.41) is 7.18. The highest BCUT2D eigenvalue weighted by Gasteiger charge is 2.20.